The summed E-state index contributed by atoms with van der Waals surface area (Å²) < 4.78 is 17.7. The molecule has 0 bridgehead atoms. The van der Waals surface area contributed by atoms with Gasteiger partial charge in [-0.1, -0.05) is 102 Å². The highest BCUT2D eigenvalue weighted by atomic mass is 29.3. The summed E-state index contributed by atoms with van der Waals surface area (Å²) in [5.41, 5.74) is 2.28. The summed E-state index contributed by atoms with van der Waals surface area (Å²) >= 11 is 0. The van der Waals surface area contributed by atoms with Gasteiger partial charge in [-0.2, -0.15) is 0 Å². The molecule has 0 radical (unpaired) electrons. The van der Waals surface area contributed by atoms with E-state index < -0.39 is 15.5 Å². The lowest BCUT2D eigenvalue weighted by molar-refractivity contribution is 0.840. The van der Waals surface area contributed by atoms with Crippen LogP contribution in [-0.2, 0) is 0 Å². The van der Waals surface area contributed by atoms with Gasteiger partial charge in [0.2, 0.25) is 0 Å². The van der Waals surface area contributed by atoms with E-state index in [1.165, 1.54) is 5.56 Å². The molecule has 0 heterocycles. The number of hydrogen-bond donors (Lipinski definition) is 0. The van der Waals surface area contributed by atoms with Crippen molar-refractivity contribution >= 4 is 47.5 Å². The summed E-state index contributed by atoms with van der Waals surface area (Å²) in [5, 5.41) is 5.47. The first-order valence-corrected chi connectivity index (χ1v) is 16.7. The molecule has 4 rings (SSSR count). The smallest absolute Gasteiger partial charge is 0.270 e. The van der Waals surface area contributed by atoms with Crippen LogP contribution in [0.5, 0.6) is 0 Å². The van der Waals surface area contributed by atoms with E-state index in [-0.39, 0.29) is 0 Å². The minimum Gasteiger partial charge on any atom is -0.377 e. The van der Waals surface area contributed by atoms with Crippen molar-refractivity contribution in [3.63, 3.8) is 0 Å². The molecule has 0 spiro atoms. The quantitative estimate of drug-likeness (QED) is 0.312. The molecule has 0 aromatic heterocycles. The number of hydrogen-bond acceptors (Lipinski definition) is 1. The SMILES string of the molecule is Cc1ccc(N(C)C)c2c([Si](C)(F)[Si](C)(c3ccccc3)c3ccccc3)cccc12. The third-order valence-electron chi connectivity index (χ3n) is 6.87. The maximum absolute atomic E-state index is 17.7. The first kappa shape index (κ1) is 21.5. The molecule has 0 aliphatic rings. The number of anilines is 1. The molecule has 0 N–H and O–H groups in total. The third-order valence-corrected chi connectivity index (χ3v) is 21.3. The number of rotatable bonds is 5. The van der Waals surface area contributed by atoms with Crippen molar-refractivity contribution < 1.29 is 4.11 Å². The molecular weight excluding hydrogens is 413 g/mol. The highest BCUT2D eigenvalue weighted by Gasteiger charge is 2.55. The Bertz CT molecular complexity index is 1160. The van der Waals surface area contributed by atoms with Crippen LogP contribution in [0.25, 0.3) is 10.8 Å². The van der Waals surface area contributed by atoms with Crippen LogP contribution in [0, 0.1) is 6.92 Å². The van der Waals surface area contributed by atoms with Crippen LogP contribution >= 0.6 is 0 Å². The second kappa shape index (κ2) is 8.10. The van der Waals surface area contributed by atoms with Gasteiger partial charge in [-0.25, -0.2) is 0 Å². The van der Waals surface area contributed by atoms with Crippen LogP contribution in [0.4, 0.5) is 9.80 Å². The van der Waals surface area contributed by atoms with Gasteiger partial charge < -0.3 is 9.01 Å². The van der Waals surface area contributed by atoms with Gasteiger partial charge >= 0.3 is 0 Å². The molecule has 0 amide bonds. The van der Waals surface area contributed by atoms with E-state index in [1.54, 1.807) is 0 Å². The Morgan fingerprint density at radius 1 is 0.677 bits per heavy atom. The summed E-state index contributed by atoms with van der Waals surface area (Å²) in [4.78, 5) is 2.11. The Hall–Kier alpha value is -2.70. The molecule has 4 aromatic rings. The van der Waals surface area contributed by atoms with Crippen LogP contribution in [-0.4, -0.2) is 29.6 Å². The van der Waals surface area contributed by atoms with E-state index in [9.17, 15) is 0 Å². The van der Waals surface area contributed by atoms with E-state index in [0.29, 0.717) is 0 Å². The second-order valence-corrected chi connectivity index (χ2v) is 20.7. The van der Waals surface area contributed by atoms with Gasteiger partial charge in [0.05, 0.1) is 0 Å². The maximum Gasteiger partial charge on any atom is 0.270 e. The zero-order valence-corrected chi connectivity index (χ0v) is 21.0. The monoisotopic (exact) mass is 443 g/mol. The van der Waals surface area contributed by atoms with Crippen LogP contribution in [0.1, 0.15) is 5.56 Å². The van der Waals surface area contributed by atoms with E-state index in [2.05, 4.69) is 66.9 Å². The van der Waals surface area contributed by atoms with Gasteiger partial charge in [0, 0.05) is 25.2 Å². The first-order chi connectivity index (χ1) is 14.8. The predicted molar refractivity (Wildman–Crippen MR) is 139 cm³/mol. The Morgan fingerprint density at radius 2 is 1.23 bits per heavy atom. The van der Waals surface area contributed by atoms with Gasteiger partial charge in [-0.15, -0.1) is 0 Å². The lowest BCUT2D eigenvalue weighted by atomic mass is 10.0. The molecule has 1 atom stereocenters. The van der Waals surface area contributed by atoms with Crippen molar-refractivity contribution in [2.75, 3.05) is 19.0 Å². The fourth-order valence-corrected chi connectivity index (χ4v) is 16.1. The molecule has 0 saturated carbocycles. The average Bonchev–Trinajstić information content (AvgIpc) is 2.79. The second-order valence-electron chi connectivity index (χ2n) is 8.88. The number of halogens is 1. The van der Waals surface area contributed by atoms with E-state index >= 15 is 4.11 Å². The summed E-state index contributed by atoms with van der Waals surface area (Å²) in [6, 6.07) is 31.3. The van der Waals surface area contributed by atoms with Crippen molar-refractivity contribution in [3.05, 3.63) is 96.6 Å². The number of benzene rings is 4. The van der Waals surface area contributed by atoms with Gasteiger partial charge in [0.25, 0.3) is 7.93 Å². The largest absolute Gasteiger partial charge is 0.377 e. The number of fused-ring (bicyclic) bond motifs is 1. The van der Waals surface area contributed by atoms with Crippen LogP contribution in [0.15, 0.2) is 91.0 Å². The van der Waals surface area contributed by atoms with Gasteiger partial charge in [-0.3, -0.25) is 0 Å². The number of nitrogens with zero attached hydrogens (tertiary/aromatic N) is 1. The van der Waals surface area contributed by atoms with E-state index in [4.69, 9.17) is 0 Å². The first-order valence-electron chi connectivity index (χ1n) is 10.8. The topological polar surface area (TPSA) is 3.24 Å². The zero-order valence-electron chi connectivity index (χ0n) is 19.0. The fraction of sp³-hybridized carbons (Fsp3) is 0.185. The lowest BCUT2D eigenvalue weighted by Crippen LogP contribution is -2.76. The van der Waals surface area contributed by atoms with E-state index in [0.717, 1.165) is 32.0 Å². The zero-order chi connectivity index (χ0) is 22.2. The lowest BCUT2D eigenvalue weighted by Gasteiger charge is -2.39. The molecule has 0 fully saturated rings. The summed E-state index contributed by atoms with van der Waals surface area (Å²) in [5.74, 6) is 0. The molecule has 1 unspecified atom stereocenters. The van der Waals surface area contributed by atoms with Gasteiger partial charge in [0.1, 0.15) is 7.59 Å². The molecule has 1 nitrogen and oxygen atoms in total. The Kier molecular flexibility index (Phi) is 5.62. The van der Waals surface area contributed by atoms with Crippen molar-refractivity contribution in [1.82, 2.24) is 0 Å². The minimum atomic E-state index is -3.47. The molecule has 4 aromatic carbocycles. The molecule has 0 aliphatic heterocycles. The summed E-state index contributed by atoms with van der Waals surface area (Å²) in [7, 11) is -2.09. The van der Waals surface area contributed by atoms with Crippen LogP contribution < -0.4 is 20.5 Å². The average molecular weight is 444 g/mol. The molecule has 158 valence electrons. The van der Waals surface area contributed by atoms with Crippen molar-refractivity contribution in [3.8, 4) is 0 Å². The minimum absolute atomic E-state index is 0.916. The molecule has 0 saturated heterocycles. The molecular formula is C27H30FNSi2. The molecule has 31 heavy (non-hydrogen) atoms. The van der Waals surface area contributed by atoms with Crippen molar-refractivity contribution in [2.24, 2.45) is 0 Å². The normalized spacial score (nSPS) is 13.7. The number of aryl methyl sites for hydroxylation is 1. The van der Waals surface area contributed by atoms with Crippen LogP contribution in [0.2, 0.25) is 13.1 Å². The fourth-order valence-electron chi connectivity index (χ4n) is 4.82. The summed E-state index contributed by atoms with van der Waals surface area (Å²) in [6.45, 7) is 6.29. The van der Waals surface area contributed by atoms with Gasteiger partial charge in [-0.05, 0) is 35.7 Å². The summed E-state index contributed by atoms with van der Waals surface area (Å²) in [6.07, 6.45) is 0. The maximum atomic E-state index is 17.7. The van der Waals surface area contributed by atoms with Crippen molar-refractivity contribution in [2.45, 2.75) is 20.0 Å². The molecule has 0 aliphatic carbocycles. The Morgan fingerprint density at radius 3 is 1.74 bits per heavy atom. The highest BCUT2D eigenvalue weighted by Crippen LogP contribution is 2.31. The standard InChI is InChI=1S/C27H30FNSi2/c1-21-19-20-25(29(2)3)27-24(21)17-12-18-26(27)31(5,28)30(4,22-13-8-6-9-14-22)23-15-10-7-11-16-23/h6-20H,1-5H3. The van der Waals surface area contributed by atoms with E-state index in [1.807, 2.05) is 63.1 Å². The third kappa shape index (κ3) is 3.44. The Balaban J connectivity index is 2.09. The van der Waals surface area contributed by atoms with Crippen LogP contribution in [0.3, 0.4) is 0 Å². The van der Waals surface area contributed by atoms with Gasteiger partial charge in [0.15, 0.2) is 0 Å². The highest BCUT2D eigenvalue weighted by molar-refractivity contribution is 7.53. The Labute approximate surface area is 187 Å². The van der Waals surface area contributed by atoms with Crippen molar-refractivity contribution in [1.29, 1.82) is 0 Å². The predicted octanol–water partition coefficient (Wildman–Crippen LogP) is 4.94. The molecule has 4 heteroatoms.